The third-order valence-corrected chi connectivity index (χ3v) is 6.68. The molecule has 0 bridgehead atoms. The topological polar surface area (TPSA) is 88.8 Å². The summed E-state index contributed by atoms with van der Waals surface area (Å²) >= 11 is 1.13. The van der Waals surface area contributed by atoms with E-state index < -0.39 is 10.0 Å². The molecule has 1 N–H and O–H groups in total. The van der Waals surface area contributed by atoms with Crippen LogP contribution in [0.2, 0.25) is 0 Å². The number of carbonyl (C=O) groups is 1. The van der Waals surface area contributed by atoms with E-state index in [4.69, 9.17) is 9.15 Å². The maximum absolute atomic E-state index is 13.0. The summed E-state index contributed by atoms with van der Waals surface area (Å²) in [6.45, 7) is 1.04. The number of carbonyl (C=O) groups excluding carboxylic acids is 1. The van der Waals surface area contributed by atoms with Crippen molar-refractivity contribution < 1.29 is 22.4 Å². The SMILES string of the molecule is COCCN(Cc1ccco1)C(=O)c1cccc(NS(=O)(=O)c2cccs2)c1. The van der Waals surface area contributed by atoms with Crippen LogP contribution in [0.15, 0.2) is 68.8 Å². The lowest BCUT2D eigenvalue weighted by molar-refractivity contribution is 0.0666. The molecule has 1 amide bonds. The molecule has 2 heterocycles. The summed E-state index contributed by atoms with van der Waals surface area (Å²) in [6.07, 6.45) is 1.55. The lowest BCUT2D eigenvalue weighted by Crippen LogP contribution is -2.33. The van der Waals surface area contributed by atoms with Crippen molar-refractivity contribution in [2.45, 2.75) is 10.8 Å². The van der Waals surface area contributed by atoms with Crippen molar-refractivity contribution in [3.8, 4) is 0 Å². The minimum atomic E-state index is -3.68. The van der Waals surface area contributed by atoms with Crippen molar-refractivity contribution in [2.24, 2.45) is 0 Å². The van der Waals surface area contributed by atoms with Gasteiger partial charge in [-0.15, -0.1) is 11.3 Å². The zero-order valence-electron chi connectivity index (χ0n) is 15.2. The zero-order valence-corrected chi connectivity index (χ0v) is 16.8. The highest BCUT2D eigenvalue weighted by molar-refractivity contribution is 7.94. The molecule has 28 heavy (non-hydrogen) atoms. The van der Waals surface area contributed by atoms with E-state index in [1.165, 1.54) is 12.1 Å². The molecule has 148 valence electrons. The van der Waals surface area contributed by atoms with Crippen LogP contribution in [0.3, 0.4) is 0 Å². The fourth-order valence-electron chi connectivity index (χ4n) is 2.56. The van der Waals surface area contributed by atoms with Gasteiger partial charge in [0.05, 0.1) is 19.4 Å². The van der Waals surface area contributed by atoms with Gasteiger partial charge in [-0.1, -0.05) is 12.1 Å². The van der Waals surface area contributed by atoms with Gasteiger partial charge in [0.15, 0.2) is 0 Å². The molecule has 0 atom stereocenters. The van der Waals surface area contributed by atoms with E-state index in [9.17, 15) is 13.2 Å². The van der Waals surface area contributed by atoms with Crippen molar-refractivity contribution in [1.29, 1.82) is 0 Å². The number of furan rings is 1. The number of nitrogens with zero attached hydrogens (tertiary/aromatic N) is 1. The highest BCUT2D eigenvalue weighted by Gasteiger charge is 2.19. The molecule has 9 heteroatoms. The van der Waals surface area contributed by atoms with Crippen molar-refractivity contribution in [3.05, 3.63) is 71.5 Å². The number of hydrogen-bond acceptors (Lipinski definition) is 6. The molecule has 0 aliphatic heterocycles. The lowest BCUT2D eigenvalue weighted by atomic mass is 10.1. The smallest absolute Gasteiger partial charge is 0.271 e. The minimum Gasteiger partial charge on any atom is -0.467 e. The predicted octanol–water partition coefficient (Wildman–Crippen LogP) is 3.43. The molecule has 0 saturated heterocycles. The number of benzene rings is 1. The number of sulfonamides is 1. The van der Waals surface area contributed by atoms with Crippen LogP contribution >= 0.6 is 11.3 Å². The Morgan fingerprint density at radius 3 is 2.75 bits per heavy atom. The Morgan fingerprint density at radius 2 is 2.07 bits per heavy atom. The third-order valence-electron chi connectivity index (χ3n) is 3.90. The molecule has 0 aliphatic carbocycles. The number of hydrogen-bond donors (Lipinski definition) is 1. The molecule has 7 nitrogen and oxygen atoms in total. The second-order valence-corrected chi connectivity index (χ2v) is 8.77. The standard InChI is InChI=1S/C19H20N2O5S2/c1-25-11-9-21(14-17-7-3-10-26-17)19(22)15-5-2-6-16(13-15)20-28(23,24)18-8-4-12-27-18/h2-8,10,12-13,20H,9,11,14H2,1H3. The van der Waals surface area contributed by atoms with E-state index in [0.29, 0.717) is 36.7 Å². The molecular weight excluding hydrogens is 400 g/mol. The Balaban J connectivity index is 1.79. The first-order valence-corrected chi connectivity index (χ1v) is 10.8. The van der Waals surface area contributed by atoms with Crippen LogP contribution < -0.4 is 4.72 Å². The number of methoxy groups -OCH3 is 1. The van der Waals surface area contributed by atoms with Gasteiger partial charge >= 0.3 is 0 Å². The van der Waals surface area contributed by atoms with Crippen molar-refractivity contribution in [1.82, 2.24) is 4.90 Å². The second-order valence-electron chi connectivity index (χ2n) is 5.92. The Bertz CT molecular complexity index is 999. The summed E-state index contributed by atoms with van der Waals surface area (Å²) in [5, 5.41) is 1.69. The van der Waals surface area contributed by atoms with E-state index in [2.05, 4.69) is 4.72 Å². The lowest BCUT2D eigenvalue weighted by Gasteiger charge is -2.21. The van der Waals surface area contributed by atoms with E-state index >= 15 is 0 Å². The van der Waals surface area contributed by atoms with Crippen LogP contribution in [0.4, 0.5) is 5.69 Å². The molecule has 0 aliphatic rings. The van der Waals surface area contributed by atoms with Gasteiger partial charge in [0, 0.05) is 24.9 Å². The number of nitrogens with one attached hydrogen (secondary N) is 1. The quantitative estimate of drug-likeness (QED) is 0.573. The fourth-order valence-corrected chi connectivity index (χ4v) is 4.61. The molecule has 3 aromatic rings. The molecular formula is C19H20N2O5S2. The average molecular weight is 421 g/mol. The van der Waals surface area contributed by atoms with Crippen molar-refractivity contribution in [2.75, 3.05) is 25.0 Å². The molecule has 0 unspecified atom stereocenters. The van der Waals surface area contributed by atoms with E-state index in [1.54, 1.807) is 60.1 Å². The van der Waals surface area contributed by atoms with E-state index in [0.717, 1.165) is 11.3 Å². The summed E-state index contributed by atoms with van der Waals surface area (Å²) in [6, 6.07) is 13.2. The summed E-state index contributed by atoms with van der Waals surface area (Å²) in [5.41, 5.74) is 0.693. The fraction of sp³-hybridized carbons (Fsp3) is 0.211. The summed E-state index contributed by atoms with van der Waals surface area (Å²) in [5.74, 6) is 0.407. The maximum Gasteiger partial charge on any atom is 0.271 e. The molecule has 2 aromatic heterocycles. The van der Waals surface area contributed by atoms with Gasteiger partial charge < -0.3 is 14.1 Å². The van der Waals surface area contributed by atoms with Gasteiger partial charge in [-0.2, -0.15) is 0 Å². The Labute approximate surface area is 167 Å². The van der Waals surface area contributed by atoms with Crippen LogP contribution in [0.5, 0.6) is 0 Å². The van der Waals surface area contributed by atoms with E-state index in [-0.39, 0.29) is 10.1 Å². The van der Waals surface area contributed by atoms with Crippen LogP contribution in [-0.2, 0) is 21.3 Å². The Kier molecular flexibility index (Phi) is 6.50. The third kappa shape index (κ3) is 5.00. The van der Waals surface area contributed by atoms with E-state index in [1.807, 2.05) is 0 Å². The molecule has 0 saturated carbocycles. The highest BCUT2D eigenvalue weighted by Crippen LogP contribution is 2.21. The largest absolute Gasteiger partial charge is 0.467 e. The summed E-state index contributed by atoms with van der Waals surface area (Å²) in [4.78, 5) is 14.6. The number of amides is 1. The molecule has 3 rings (SSSR count). The van der Waals surface area contributed by atoms with Crippen molar-refractivity contribution in [3.63, 3.8) is 0 Å². The van der Waals surface area contributed by atoms with Crippen LogP contribution in [-0.4, -0.2) is 39.5 Å². The van der Waals surface area contributed by atoms with Gasteiger partial charge in [-0.25, -0.2) is 8.42 Å². The van der Waals surface area contributed by atoms with Crippen LogP contribution in [0.1, 0.15) is 16.1 Å². The molecule has 1 aromatic carbocycles. The first kappa shape index (κ1) is 20.1. The summed E-state index contributed by atoms with van der Waals surface area (Å²) < 4.78 is 38.0. The Hall–Kier alpha value is -2.62. The van der Waals surface area contributed by atoms with Crippen LogP contribution in [0, 0.1) is 0 Å². The predicted molar refractivity (Wildman–Crippen MR) is 107 cm³/mol. The second kappa shape index (κ2) is 9.05. The zero-order chi connectivity index (χ0) is 20.0. The minimum absolute atomic E-state index is 0.212. The maximum atomic E-state index is 13.0. The average Bonchev–Trinajstić information content (AvgIpc) is 3.38. The normalized spacial score (nSPS) is 11.3. The monoisotopic (exact) mass is 420 g/mol. The Morgan fingerprint density at radius 1 is 1.21 bits per heavy atom. The van der Waals surface area contributed by atoms with Gasteiger partial charge in [0.2, 0.25) is 0 Å². The van der Waals surface area contributed by atoms with Crippen molar-refractivity contribution >= 4 is 33.0 Å². The van der Waals surface area contributed by atoms with Gasteiger partial charge in [0.1, 0.15) is 9.97 Å². The first-order valence-electron chi connectivity index (χ1n) is 8.46. The van der Waals surface area contributed by atoms with Gasteiger partial charge in [-0.05, 0) is 41.8 Å². The number of anilines is 1. The first-order chi connectivity index (χ1) is 13.5. The number of thiophene rings is 1. The number of rotatable bonds is 9. The summed E-state index contributed by atoms with van der Waals surface area (Å²) in [7, 11) is -2.11. The van der Waals surface area contributed by atoms with Crippen LogP contribution in [0.25, 0.3) is 0 Å². The van der Waals surface area contributed by atoms with Gasteiger partial charge in [-0.3, -0.25) is 9.52 Å². The molecule has 0 fully saturated rings. The molecule has 0 radical (unpaired) electrons. The van der Waals surface area contributed by atoms with Gasteiger partial charge in [0.25, 0.3) is 15.9 Å². The highest BCUT2D eigenvalue weighted by atomic mass is 32.2. The molecule has 0 spiro atoms. The number of ether oxygens (including phenoxy) is 1.